The van der Waals surface area contributed by atoms with Crippen molar-refractivity contribution >= 4 is 53.8 Å². The first-order valence-corrected chi connectivity index (χ1v) is 10.7. The highest BCUT2D eigenvalue weighted by atomic mass is 79.9. The van der Waals surface area contributed by atoms with E-state index in [1.807, 2.05) is 35.2 Å². The van der Waals surface area contributed by atoms with E-state index in [1.54, 1.807) is 0 Å². The predicted molar refractivity (Wildman–Crippen MR) is 114 cm³/mol. The van der Waals surface area contributed by atoms with Crippen molar-refractivity contribution in [3.63, 3.8) is 0 Å². The van der Waals surface area contributed by atoms with E-state index in [0.717, 1.165) is 14.3 Å². The summed E-state index contributed by atoms with van der Waals surface area (Å²) in [7, 11) is 0. The van der Waals surface area contributed by atoms with Gasteiger partial charge in [0.25, 0.3) is 0 Å². The number of ether oxygens (including phenoxy) is 1. The number of halogens is 3. The van der Waals surface area contributed by atoms with Crippen LogP contribution >= 0.6 is 47.8 Å². The Morgan fingerprint density at radius 3 is 2.54 bits per heavy atom. The summed E-state index contributed by atoms with van der Waals surface area (Å²) in [5.41, 5.74) is 2.38. The molecule has 0 radical (unpaired) electrons. The van der Waals surface area contributed by atoms with E-state index in [-0.39, 0.29) is 30.0 Å². The molecule has 0 saturated heterocycles. The van der Waals surface area contributed by atoms with Gasteiger partial charge in [-0.05, 0) is 78.9 Å². The Kier molecular flexibility index (Phi) is 6.14. The van der Waals surface area contributed by atoms with Crippen LogP contribution in [0.5, 0.6) is 0 Å². The van der Waals surface area contributed by atoms with E-state index in [9.17, 15) is 4.79 Å². The summed E-state index contributed by atoms with van der Waals surface area (Å²) in [4.78, 5) is 12.4. The average Bonchev–Trinajstić information content (AvgIpc) is 2.92. The van der Waals surface area contributed by atoms with Gasteiger partial charge in [0.15, 0.2) is 6.73 Å². The van der Waals surface area contributed by atoms with E-state index in [1.165, 1.54) is 11.1 Å². The first-order valence-electron chi connectivity index (χ1n) is 8.36. The largest absolute Gasteiger partial charge is 0.444 e. The van der Waals surface area contributed by atoms with Crippen molar-refractivity contribution in [1.82, 2.24) is 4.57 Å². The van der Waals surface area contributed by atoms with Crippen molar-refractivity contribution in [2.75, 3.05) is 0 Å². The molecule has 1 aliphatic carbocycles. The van der Waals surface area contributed by atoms with Gasteiger partial charge in [-0.25, -0.2) is 0 Å². The highest BCUT2D eigenvalue weighted by molar-refractivity contribution is 9.28. The van der Waals surface area contributed by atoms with Crippen molar-refractivity contribution < 1.29 is 9.53 Å². The zero-order chi connectivity index (χ0) is 18.9. The molecule has 1 heterocycles. The lowest BCUT2D eigenvalue weighted by atomic mass is 10.1. The van der Waals surface area contributed by atoms with Gasteiger partial charge in [0.2, 0.25) is 0 Å². The second kappa shape index (κ2) is 8.03. The maximum absolute atomic E-state index is 12.4. The lowest BCUT2D eigenvalue weighted by Gasteiger charge is -2.06. The van der Waals surface area contributed by atoms with Gasteiger partial charge in [-0.2, -0.15) is 0 Å². The van der Waals surface area contributed by atoms with Crippen molar-refractivity contribution in [2.24, 2.45) is 17.3 Å². The van der Waals surface area contributed by atoms with Crippen LogP contribution in [0.2, 0.25) is 0 Å². The van der Waals surface area contributed by atoms with E-state index < -0.39 is 0 Å². The zero-order valence-electron chi connectivity index (χ0n) is 14.6. The quantitative estimate of drug-likeness (QED) is 0.402. The number of esters is 1. The van der Waals surface area contributed by atoms with Gasteiger partial charge in [-0.3, -0.25) is 4.79 Å². The molecule has 0 bridgehead atoms. The van der Waals surface area contributed by atoms with Gasteiger partial charge >= 0.3 is 5.97 Å². The molecule has 1 saturated carbocycles. The summed E-state index contributed by atoms with van der Waals surface area (Å²) in [5, 5.41) is 0. The number of carbonyl (C=O) groups excluding carboxylic acids is 1. The van der Waals surface area contributed by atoms with Crippen molar-refractivity contribution in [3.8, 4) is 0 Å². The summed E-state index contributed by atoms with van der Waals surface area (Å²) in [6.45, 7) is 4.43. The first kappa shape index (κ1) is 19.9. The second-order valence-corrected chi connectivity index (χ2v) is 10.9. The number of benzene rings is 1. The molecule has 0 N–H and O–H groups in total. The van der Waals surface area contributed by atoms with Crippen LogP contribution in [-0.4, -0.2) is 10.5 Å². The Hall–Kier alpha value is -0.850. The molecule has 26 heavy (non-hydrogen) atoms. The molecule has 2 unspecified atom stereocenters. The molecule has 6 heteroatoms. The SMILES string of the molecule is CC1(C)C(C=C(Br)Br)C1C(=O)OCn1ccc(Cc2ccc(Br)cc2)c1. The number of rotatable bonds is 6. The molecular weight excluding hydrogens is 526 g/mol. The number of hydrogen-bond donors (Lipinski definition) is 0. The lowest BCUT2D eigenvalue weighted by molar-refractivity contribution is -0.150. The zero-order valence-corrected chi connectivity index (χ0v) is 19.3. The smallest absolute Gasteiger partial charge is 0.311 e. The summed E-state index contributed by atoms with van der Waals surface area (Å²) >= 11 is 10.2. The third-order valence-corrected chi connectivity index (χ3v) is 6.02. The van der Waals surface area contributed by atoms with E-state index >= 15 is 0 Å². The van der Waals surface area contributed by atoms with Gasteiger partial charge in [0, 0.05) is 16.9 Å². The standard InChI is InChI=1S/C20H20Br3NO2/c1-20(2)16(10-17(22)23)18(20)19(25)26-12-24-8-7-14(11-24)9-13-3-5-15(21)6-4-13/h3-8,10-11,16,18H,9,12H2,1-2H3. The number of allylic oxidation sites excluding steroid dienone is 1. The fraction of sp³-hybridized carbons (Fsp3) is 0.350. The van der Waals surface area contributed by atoms with Crippen LogP contribution in [0.15, 0.2) is 56.7 Å². The van der Waals surface area contributed by atoms with Gasteiger partial charge in [0.1, 0.15) is 0 Å². The van der Waals surface area contributed by atoms with Gasteiger partial charge in [0.05, 0.1) is 9.31 Å². The average molecular weight is 546 g/mol. The van der Waals surface area contributed by atoms with E-state index in [4.69, 9.17) is 4.74 Å². The maximum atomic E-state index is 12.4. The summed E-state index contributed by atoms with van der Waals surface area (Å²) in [5.74, 6) is -0.0348. The topological polar surface area (TPSA) is 31.2 Å². The molecule has 1 aromatic carbocycles. The summed E-state index contributed by atoms with van der Waals surface area (Å²) < 4.78 is 9.40. The molecule has 1 fully saturated rings. The van der Waals surface area contributed by atoms with E-state index in [2.05, 4.69) is 79.8 Å². The van der Waals surface area contributed by atoms with Crippen LogP contribution in [0.3, 0.4) is 0 Å². The van der Waals surface area contributed by atoms with Gasteiger partial charge in [-0.15, -0.1) is 0 Å². The molecule has 0 amide bonds. The monoisotopic (exact) mass is 543 g/mol. The van der Waals surface area contributed by atoms with Crippen LogP contribution in [0.1, 0.15) is 25.0 Å². The Morgan fingerprint density at radius 2 is 1.88 bits per heavy atom. The molecule has 1 aromatic heterocycles. The lowest BCUT2D eigenvalue weighted by Crippen LogP contribution is -2.13. The summed E-state index contributed by atoms with van der Waals surface area (Å²) in [6.07, 6.45) is 6.86. The Morgan fingerprint density at radius 1 is 1.19 bits per heavy atom. The van der Waals surface area contributed by atoms with Crippen molar-refractivity contribution in [1.29, 1.82) is 0 Å². The molecule has 1 aliphatic rings. The number of nitrogens with zero attached hydrogens (tertiary/aromatic N) is 1. The molecule has 0 aliphatic heterocycles. The minimum absolute atomic E-state index is 0.0622. The van der Waals surface area contributed by atoms with Crippen molar-refractivity contribution in [3.05, 3.63) is 67.8 Å². The van der Waals surface area contributed by atoms with Crippen LogP contribution in [0.25, 0.3) is 0 Å². The van der Waals surface area contributed by atoms with Crippen LogP contribution in [0, 0.1) is 17.3 Å². The fourth-order valence-corrected chi connectivity index (χ4v) is 4.15. The minimum Gasteiger partial charge on any atom is -0.444 e. The highest BCUT2D eigenvalue weighted by Gasteiger charge is 2.61. The molecular formula is C20H20Br3NO2. The van der Waals surface area contributed by atoms with Crippen LogP contribution in [-0.2, 0) is 22.7 Å². The minimum atomic E-state index is -0.138. The normalized spacial score (nSPS) is 20.5. The van der Waals surface area contributed by atoms with Crippen LogP contribution < -0.4 is 0 Å². The van der Waals surface area contributed by atoms with Crippen LogP contribution in [0.4, 0.5) is 0 Å². The molecule has 3 rings (SSSR count). The Labute approximate surface area is 179 Å². The van der Waals surface area contributed by atoms with E-state index in [0.29, 0.717) is 0 Å². The fourth-order valence-electron chi connectivity index (χ4n) is 3.32. The Bertz CT molecular complexity index is 820. The molecule has 2 atom stereocenters. The maximum Gasteiger partial charge on any atom is 0.311 e. The highest BCUT2D eigenvalue weighted by Crippen LogP contribution is 2.60. The second-order valence-electron chi connectivity index (χ2n) is 7.21. The summed E-state index contributed by atoms with van der Waals surface area (Å²) in [6, 6.07) is 10.4. The third kappa shape index (κ3) is 4.70. The predicted octanol–water partition coefficient (Wildman–Crippen LogP) is 6.25. The molecule has 3 nitrogen and oxygen atoms in total. The molecule has 0 spiro atoms. The third-order valence-electron chi connectivity index (χ3n) is 4.96. The van der Waals surface area contributed by atoms with Gasteiger partial charge in [-0.1, -0.05) is 48.0 Å². The van der Waals surface area contributed by atoms with Crippen molar-refractivity contribution in [2.45, 2.75) is 27.0 Å². The van der Waals surface area contributed by atoms with Gasteiger partial charge < -0.3 is 9.30 Å². The number of aromatic nitrogens is 1. The number of hydrogen-bond acceptors (Lipinski definition) is 2. The first-order chi connectivity index (χ1) is 12.3. The molecule has 2 aromatic rings. The number of carbonyl (C=O) groups is 1. The Balaban J connectivity index is 1.54. The molecule has 138 valence electrons.